The van der Waals surface area contributed by atoms with Crippen LogP contribution in [0.1, 0.15) is 39.7 Å². The Labute approximate surface area is 97.9 Å². The van der Waals surface area contributed by atoms with Crippen molar-refractivity contribution in [2.24, 2.45) is 5.41 Å². The molecule has 1 aromatic carbocycles. The minimum absolute atomic E-state index is 0.0508. The number of phenolic OH excluding ortho intramolecular Hbond substituents is 1. The molecule has 1 aromatic rings. The summed E-state index contributed by atoms with van der Waals surface area (Å²) in [5.74, 6) is 0.295. The zero-order valence-corrected chi connectivity index (χ0v) is 10.6. The molecular weight excluding hydrogens is 200 g/mol. The summed E-state index contributed by atoms with van der Waals surface area (Å²) >= 11 is 0. The molecule has 0 saturated heterocycles. The van der Waals surface area contributed by atoms with E-state index < -0.39 is 5.60 Å². The number of phenols is 1. The van der Waals surface area contributed by atoms with Crippen molar-refractivity contribution in [1.29, 1.82) is 0 Å². The molecule has 0 heterocycles. The normalized spacial score (nSPS) is 12.8. The Kier molecular flexibility index (Phi) is 3.64. The first-order valence-corrected chi connectivity index (χ1v) is 5.68. The van der Waals surface area contributed by atoms with E-state index in [-0.39, 0.29) is 5.41 Å². The monoisotopic (exact) mass is 222 g/mol. The third kappa shape index (κ3) is 4.67. The first kappa shape index (κ1) is 13.0. The molecule has 1 rings (SSSR count). The van der Waals surface area contributed by atoms with Crippen LogP contribution in [-0.2, 0) is 6.42 Å². The fourth-order valence-corrected chi connectivity index (χ4v) is 2.40. The maximum atomic E-state index is 9.84. The quantitative estimate of drug-likeness (QED) is 0.821. The summed E-state index contributed by atoms with van der Waals surface area (Å²) in [5, 5.41) is 19.0. The van der Waals surface area contributed by atoms with Crippen LogP contribution in [0.5, 0.6) is 5.75 Å². The lowest BCUT2D eigenvalue weighted by atomic mass is 9.77. The zero-order valence-electron chi connectivity index (χ0n) is 10.6. The Morgan fingerprint density at radius 2 is 1.50 bits per heavy atom. The van der Waals surface area contributed by atoms with Crippen molar-refractivity contribution in [2.45, 2.75) is 46.1 Å². The van der Waals surface area contributed by atoms with E-state index in [1.807, 2.05) is 26.0 Å². The summed E-state index contributed by atoms with van der Waals surface area (Å²) in [7, 11) is 0. The van der Waals surface area contributed by atoms with Gasteiger partial charge in [0.05, 0.1) is 5.60 Å². The Morgan fingerprint density at radius 3 is 1.94 bits per heavy atom. The molecule has 0 unspecified atom stereocenters. The molecule has 2 heteroatoms. The summed E-state index contributed by atoms with van der Waals surface area (Å²) in [4.78, 5) is 0. The lowest BCUT2D eigenvalue weighted by Crippen LogP contribution is -2.29. The third-order valence-corrected chi connectivity index (χ3v) is 2.53. The van der Waals surface area contributed by atoms with Crippen LogP contribution in [0.2, 0.25) is 0 Å². The molecule has 0 aromatic heterocycles. The van der Waals surface area contributed by atoms with Crippen molar-refractivity contribution in [3.63, 3.8) is 0 Å². The Hall–Kier alpha value is -1.02. The molecule has 0 fully saturated rings. The smallest absolute Gasteiger partial charge is 0.115 e. The molecule has 0 bridgehead atoms. The number of rotatable bonds is 4. The molecule has 90 valence electrons. The van der Waals surface area contributed by atoms with Gasteiger partial charge < -0.3 is 10.2 Å². The summed E-state index contributed by atoms with van der Waals surface area (Å²) in [6, 6.07) is 7.27. The number of aliphatic hydroxyl groups is 1. The molecule has 0 radical (unpaired) electrons. The molecular formula is C14H22O2. The second kappa shape index (κ2) is 4.46. The van der Waals surface area contributed by atoms with E-state index in [0.29, 0.717) is 5.75 Å². The fraction of sp³-hybridized carbons (Fsp3) is 0.571. The molecule has 0 aliphatic carbocycles. The second-order valence-electron chi connectivity index (χ2n) is 6.00. The lowest BCUT2D eigenvalue weighted by molar-refractivity contribution is 0.0320. The molecule has 0 aliphatic rings. The number of aromatic hydroxyl groups is 1. The van der Waals surface area contributed by atoms with Gasteiger partial charge in [-0.25, -0.2) is 0 Å². The summed E-state index contributed by atoms with van der Waals surface area (Å²) in [5.41, 5.74) is 0.599. The van der Waals surface area contributed by atoms with E-state index in [2.05, 4.69) is 13.8 Å². The van der Waals surface area contributed by atoms with Gasteiger partial charge in [0.25, 0.3) is 0 Å². The topological polar surface area (TPSA) is 40.5 Å². The van der Waals surface area contributed by atoms with E-state index >= 15 is 0 Å². The van der Waals surface area contributed by atoms with Gasteiger partial charge in [-0.2, -0.15) is 0 Å². The first-order valence-electron chi connectivity index (χ1n) is 5.68. The Balaban J connectivity index is 2.69. The van der Waals surface area contributed by atoms with Crippen LogP contribution in [0.4, 0.5) is 0 Å². The largest absolute Gasteiger partial charge is 0.508 e. The van der Waals surface area contributed by atoms with Gasteiger partial charge in [0.2, 0.25) is 0 Å². The van der Waals surface area contributed by atoms with Crippen LogP contribution in [0, 0.1) is 5.41 Å². The van der Waals surface area contributed by atoms with Crippen molar-refractivity contribution in [3.8, 4) is 5.75 Å². The lowest BCUT2D eigenvalue weighted by Gasteiger charge is -2.31. The van der Waals surface area contributed by atoms with Crippen molar-refractivity contribution in [1.82, 2.24) is 0 Å². The SMILES string of the molecule is CC(C)(O)CC(C)(C)Cc1ccc(O)cc1. The van der Waals surface area contributed by atoms with Crippen molar-refractivity contribution < 1.29 is 10.2 Å². The van der Waals surface area contributed by atoms with Gasteiger partial charge >= 0.3 is 0 Å². The van der Waals surface area contributed by atoms with Crippen LogP contribution >= 0.6 is 0 Å². The van der Waals surface area contributed by atoms with Crippen LogP contribution in [0.3, 0.4) is 0 Å². The predicted molar refractivity (Wildman–Crippen MR) is 66.5 cm³/mol. The van der Waals surface area contributed by atoms with Gasteiger partial charge in [0, 0.05) is 0 Å². The van der Waals surface area contributed by atoms with E-state index in [0.717, 1.165) is 12.8 Å². The van der Waals surface area contributed by atoms with Gasteiger partial charge in [-0.3, -0.25) is 0 Å². The van der Waals surface area contributed by atoms with E-state index in [4.69, 9.17) is 0 Å². The highest BCUT2D eigenvalue weighted by Crippen LogP contribution is 2.31. The molecule has 0 aliphatic heterocycles. The maximum Gasteiger partial charge on any atom is 0.115 e. The fourth-order valence-electron chi connectivity index (χ4n) is 2.40. The zero-order chi connectivity index (χ0) is 12.4. The molecule has 16 heavy (non-hydrogen) atoms. The number of benzene rings is 1. The predicted octanol–water partition coefficient (Wildman–Crippen LogP) is 3.12. The highest BCUT2D eigenvalue weighted by molar-refractivity contribution is 5.26. The molecule has 2 N–H and O–H groups in total. The maximum absolute atomic E-state index is 9.84. The number of hydrogen-bond donors (Lipinski definition) is 2. The summed E-state index contributed by atoms with van der Waals surface area (Å²) in [6.45, 7) is 7.98. The molecule has 2 nitrogen and oxygen atoms in total. The minimum atomic E-state index is -0.638. The number of hydrogen-bond acceptors (Lipinski definition) is 2. The molecule has 0 saturated carbocycles. The van der Waals surface area contributed by atoms with E-state index in [9.17, 15) is 10.2 Å². The first-order chi connectivity index (χ1) is 7.18. The molecule has 0 spiro atoms. The van der Waals surface area contributed by atoms with Gasteiger partial charge in [-0.05, 0) is 49.8 Å². The van der Waals surface area contributed by atoms with Crippen LogP contribution in [-0.4, -0.2) is 15.8 Å². The van der Waals surface area contributed by atoms with Crippen LogP contribution in [0.15, 0.2) is 24.3 Å². The van der Waals surface area contributed by atoms with E-state index in [1.54, 1.807) is 12.1 Å². The Morgan fingerprint density at radius 1 is 1.00 bits per heavy atom. The average Bonchev–Trinajstić information content (AvgIpc) is 2.04. The average molecular weight is 222 g/mol. The van der Waals surface area contributed by atoms with Gasteiger partial charge in [0.15, 0.2) is 0 Å². The van der Waals surface area contributed by atoms with Crippen molar-refractivity contribution >= 4 is 0 Å². The van der Waals surface area contributed by atoms with Crippen molar-refractivity contribution in [3.05, 3.63) is 29.8 Å². The van der Waals surface area contributed by atoms with E-state index in [1.165, 1.54) is 5.56 Å². The molecule has 0 atom stereocenters. The second-order valence-corrected chi connectivity index (χ2v) is 6.00. The summed E-state index contributed by atoms with van der Waals surface area (Å²) < 4.78 is 0. The van der Waals surface area contributed by atoms with Gasteiger partial charge in [-0.15, -0.1) is 0 Å². The van der Waals surface area contributed by atoms with Crippen LogP contribution in [0.25, 0.3) is 0 Å². The standard InChI is InChI=1S/C14H22O2/c1-13(2,10-14(3,4)16)9-11-5-7-12(15)8-6-11/h5-8,15-16H,9-10H2,1-4H3. The van der Waals surface area contributed by atoms with Gasteiger partial charge in [-0.1, -0.05) is 26.0 Å². The van der Waals surface area contributed by atoms with Crippen LogP contribution < -0.4 is 0 Å². The molecule has 0 amide bonds. The Bertz CT molecular complexity index is 331. The third-order valence-electron chi connectivity index (χ3n) is 2.53. The highest BCUT2D eigenvalue weighted by atomic mass is 16.3. The van der Waals surface area contributed by atoms with Crippen molar-refractivity contribution in [2.75, 3.05) is 0 Å². The highest BCUT2D eigenvalue weighted by Gasteiger charge is 2.26. The summed E-state index contributed by atoms with van der Waals surface area (Å²) in [6.07, 6.45) is 1.65. The van der Waals surface area contributed by atoms with Gasteiger partial charge in [0.1, 0.15) is 5.75 Å². The minimum Gasteiger partial charge on any atom is -0.508 e.